The quantitative estimate of drug-likeness (QED) is 0.170. The van der Waals surface area contributed by atoms with Crippen molar-refractivity contribution in [3.05, 3.63) is 87.8 Å². The van der Waals surface area contributed by atoms with Crippen LogP contribution in [0.5, 0.6) is 5.88 Å². The van der Waals surface area contributed by atoms with Crippen molar-refractivity contribution in [2.24, 2.45) is 11.3 Å². The lowest BCUT2D eigenvalue weighted by molar-refractivity contribution is -0.138. The van der Waals surface area contributed by atoms with Crippen molar-refractivity contribution >= 4 is 50.2 Å². The highest BCUT2D eigenvalue weighted by atomic mass is 79.9. The molecule has 1 saturated heterocycles. The van der Waals surface area contributed by atoms with Gasteiger partial charge in [0.25, 0.3) is 0 Å². The smallest absolute Gasteiger partial charge is 0.248 e. The summed E-state index contributed by atoms with van der Waals surface area (Å²) >= 11 is 3.41. The minimum atomic E-state index is -0.766. The second-order valence-corrected chi connectivity index (χ2v) is 15.2. The van der Waals surface area contributed by atoms with Crippen LogP contribution < -0.4 is 10.1 Å². The largest absolute Gasteiger partial charge is 0.477 e. The summed E-state index contributed by atoms with van der Waals surface area (Å²) in [6.07, 6.45) is 7.15. The molecule has 3 aliphatic rings. The fraction of sp³-hybridized carbons (Fsp3) is 0.385. The van der Waals surface area contributed by atoms with Gasteiger partial charge in [-0.05, 0) is 109 Å². The minimum Gasteiger partial charge on any atom is -0.477 e. The highest BCUT2D eigenvalue weighted by Gasteiger charge is 2.73. The summed E-state index contributed by atoms with van der Waals surface area (Å²) < 4.78 is 8.62. The van der Waals surface area contributed by atoms with Gasteiger partial charge in [0.2, 0.25) is 17.7 Å². The first-order valence-electron chi connectivity index (χ1n) is 17.7. The molecule has 52 heavy (non-hydrogen) atoms. The fourth-order valence-electron chi connectivity index (χ4n) is 8.20. The molecule has 6 heterocycles. The number of nitrogens with zero attached hydrogens (tertiary/aromatic N) is 7. The SMILES string of the molecule is CC(=O)c1nn2c3c(cc(-c4cnc(C)nc4)cc13)CCCCc1cccc(n1)OC[C@@]13C[C@@H](C(=O)Nc4nc(Br)ccc4C)N(C(=O)C2)[C@@H]1[C@@H]3C. The number of aryl methyl sites for hydroxylation is 4. The fourth-order valence-corrected chi connectivity index (χ4v) is 8.51. The summed E-state index contributed by atoms with van der Waals surface area (Å²) in [6.45, 7) is 7.51. The highest BCUT2D eigenvalue weighted by Crippen LogP contribution is 2.64. The number of carbonyl (C=O) groups excluding carboxylic acids is 3. The van der Waals surface area contributed by atoms with Gasteiger partial charge in [0.05, 0.1) is 12.1 Å². The molecule has 4 atom stereocenters. The number of ether oxygens (including phenoxy) is 1. The van der Waals surface area contributed by atoms with Gasteiger partial charge in [0.15, 0.2) is 5.78 Å². The van der Waals surface area contributed by atoms with Gasteiger partial charge in [-0.25, -0.2) is 19.9 Å². The third kappa shape index (κ3) is 6.04. The number of hydrogen-bond donors (Lipinski definition) is 1. The van der Waals surface area contributed by atoms with E-state index >= 15 is 0 Å². The maximum absolute atomic E-state index is 14.7. The van der Waals surface area contributed by atoms with Crippen molar-refractivity contribution in [1.29, 1.82) is 0 Å². The Morgan fingerprint density at radius 2 is 1.81 bits per heavy atom. The number of hydrogen-bond acceptors (Lipinski definition) is 9. The van der Waals surface area contributed by atoms with E-state index in [0.717, 1.165) is 52.7 Å². The van der Waals surface area contributed by atoms with Crippen LogP contribution in [0, 0.1) is 25.2 Å². The average Bonchev–Trinajstić information content (AvgIpc) is 3.38. The van der Waals surface area contributed by atoms with Crippen LogP contribution in [0.3, 0.4) is 0 Å². The third-order valence-corrected chi connectivity index (χ3v) is 11.5. The molecule has 2 fully saturated rings. The van der Waals surface area contributed by atoms with E-state index in [2.05, 4.69) is 49.2 Å². The molecule has 4 bridgehead atoms. The first-order chi connectivity index (χ1) is 25.0. The number of anilines is 1. The van der Waals surface area contributed by atoms with E-state index in [1.54, 1.807) is 22.0 Å². The van der Waals surface area contributed by atoms with E-state index in [9.17, 15) is 14.4 Å². The second-order valence-electron chi connectivity index (χ2n) is 14.4. The molecule has 0 radical (unpaired) electrons. The Balaban J connectivity index is 1.23. The molecule has 5 aromatic rings. The van der Waals surface area contributed by atoms with Crippen LogP contribution in [0.2, 0.25) is 0 Å². The summed E-state index contributed by atoms with van der Waals surface area (Å²) in [5, 5.41) is 8.47. The predicted octanol–water partition coefficient (Wildman–Crippen LogP) is 6.07. The summed E-state index contributed by atoms with van der Waals surface area (Å²) in [5.41, 5.74) is 5.02. The van der Waals surface area contributed by atoms with E-state index in [-0.39, 0.29) is 36.1 Å². The van der Waals surface area contributed by atoms with Crippen molar-refractivity contribution in [2.45, 2.75) is 78.4 Å². The average molecular weight is 764 g/mol. The molecule has 13 heteroatoms. The van der Waals surface area contributed by atoms with Crippen LogP contribution >= 0.6 is 15.9 Å². The van der Waals surface area contributed by atoms with Crippen LogP contribution in [-0.2, 0) is 29.0 Å². The topological polar surface area (TPSA) is 145 Å². The number of nitrogens with one attached hydrogen (secondary N) is 1. The molecule has 0 spiro atoms. The number of Topliss-reactive ketones (excluding diaryl/α,β-unsaturated/α-hetero) is 1. The second kappa shape index (κ2) is 13.2. The molecule has 4 aromatic heterocycles. The maximum atomic E-state index is 14.7. The molecular formula is C39H39BrN8O4. The van der Waals surface area contributed by atoms with Crippen molar-refractivity contribution < 1.29 is 19.1 Å². The lowest BCUT2D eigenvalue weighted by Crippen LogP contribution is -2.47. The molecule has 1 aliphatic carbocycles. The molecule has 1 aromatic carbocycles. The van der Waals surface area contributed by atoms with Gasteiger partial charge in [0, 0.05) is 53.5 Å². The first-order valence-corrected chi connectivity index (χ1v) is 18.5. The van der Waals surface area contributed by atoms with Gasteiger partial charge in [-0.1, -0.05) is 19.1 Å². The predicted molar refractivity (Wildman–Crippen MR) is 198 cm³/mol. The Morgan fingerprint density at radius 3 is 2.60 bits per heavy atom. The van der Waals surface area contributed by atoms with Crippen LogP contribution in [0.4, 0.5) is 5.82 Å². The van der Waals surface area contributed by atoms with E-state index in [1.807, 2.05) is 50.2 Å². The molecule has 12 nitrogen and oxygen atoms in total. The Kier molecular flexibility index (Phi) is 8.63. The van der Waals surface area contributed by atoms with Gasteiger partial charge in [0.1, 0.15) is 34.5 Å². The van der Waals surface area contributed by atoms with E-state index in [4.69, 9.17) is 14.8 Å². The third-order valence-electron chi connectivity index (χ3n) is 11.0. The Bertz CT molecular complexity index is 2260. The molecular weight excluding hydrogens is 724 g/mol. The number of fused-ring (bicyclic) bond motifs is 2. The van der Waals surface area contributed by atoms with Gasteiger partial charge in [-0.15, -0.1) is 0 Å². The van der Waals surface area contributed by atoms with Crippen molar-refractivity contribution in [2.75, 3.05) is 11.9 Å². The zero-order chi connectivity index (χ0) is 36.3. The molecule has 2 aliphatic heterocycles. The molecule has 1 saturated carbocycles. The number of carbonyl (C=O) groups is 3. The molecule has 8 rings (SSSR count). The number of halogens is 1. The van der Waals surface area contributed by atoms with E-state index in [1.165, 1.54) is 6.92 Å². The summed E-state index contributed by atoms with van der Waals surface area (Å²) in [6, 6.07) is 12.6. The van der Waals surface area contributed by atoms with Crippen LogP contribution in [0.25, 0.3) is 22.0 Å². The first kappa shape index (κ1) is 34.1. The zero-order valence-electron chi connectivity index (χ0n) is 29.5. The van der Waals surface area contributed by atoms with E-state index < -0.39 is 11.5 Å². The number of pyridine rings is 2. The van der Waals surface area contributed by atoms with E-state index in [0.29, 0.717) is 52.7 Å². The number of aromatic nitrogens is 6. The van der Waals surface area contributed by atoms with Crippen LogP contribution in [0.15, 0.2) is 59.5 Å². The number of amides is 2. The zero-order valence-corrected chi connectivity index (χ0v) is 31.1. The number of benzene rings is 1. The Morgan fingerprint density at radius 1 is 1.02 bits per heavy atom. The van der Waals surface area contributed by atoms with Crippen molar-refractivity contribution in [3.8, 4) is 17.0 Å². The van der Waals surface area contributed by atoms with Crippen molar-refractivity contribution in [3.63, 3.8) is 0 Å². The summed E-state index contributed by atoms with van der Waals surface area (Å²) in [4.78, 5) is 61.8. The normalized spacial score (nSPS) is 22.8. The number of rotatable bonds is 4. The van der Waals surface area contributed by atoms with Gasteiger partial charge >= 0.3 is 0 Å². The molecule has 1 N–H and O–H groups in total. The van der Waals surface area contributed by atoms with Gasteiger partial charge in [-0.2, -0.15) is 5.10 Å². The lowest BCUT2D eigenvalue weighted by atomic mass is 9.96. The lowest BCUT2D eigenvalue weighted by Gasteiger charge is -2.28. The molecule has 2 amide bonds. The monoisotopic (exact) mass is 762 g/mol. The Hall–Kier alpha value is -5.04. The summed E-state index contributed by atoms with van der Waals surface area (Å²) in [7, 11) is 0. The summed E-state index contributed by atoms with van der Waals surface area (Å²) in [5.74, 6) is 0.973. The molecule has 0 unspecified atom stereocenters. The number of piperidine rings is 1. The van der Waals surface area contributed by atoms with Gasteiger partial charge < -0.3 is 15.0 Å². The van der Waals surface area contributed by atoms with Crippen LogP contribution in [-0.4, -0.2) is 70.9 Å². The Labute approximate surface area is 309 Å². The van der Waals surface area contributed by atoms with Gasteiger partial charge in [-0.3, -0.25) is 19.1 Å². The van der Waals surface area contributed by atoms with Crippen molar-refractivity contribution in [1.82, 2.24) is 34.6 Å². The highest BCUT2D eigenvalue weighted by molar-refractivity contribution is 9.10. The number of ketones is 1. The van der Waals surface area contributed by atoms with Crippen LogP contribution in [0.1, 0.15) is 66.2 Å². The minimum absolute atomic E-state index is 0.0882. The molecule has 266 valence electrons. The standard InChI is InChI=1S/C39H39BrN8O4/c1-21-12-13-31(40)44-37(21)45-38(51)30-16-39-20-52-32-11-7-10-28(43-32)9-6-5-8-25-14-26(27-17-41-24(4)42-18-27)15-29-34(23(3)49)46-47(35(25)29)19-33(50)48(30)36(39)22(39)2/h7,10-15,17-18,22,30,36H,5-6,8-9,16,19-20H2,1-4H3,(H,44,45,51)/t22-,30-,36+,39+/m0/s1. The maximum Gasteiger partial charge on any atom is 0.248 e.